The Balaban J connectivity index is 0. The summed E-state index contributed by atoms with van der Waals surface area (Å²) in [5.41, 5.74) is 1.10. The molecule has 0 aliphatic heterocycles. The topological polar surface area (TPSA) is 12.9 Å². The van der Waals surface area contributed by atoms with Crippen LogP contribution < -0.4 is 17.0 Å². The van der Waals surface area contributed by atoms with Crippen molar-refractivity contribution < 1.29 is 17.0 Å². The van der Waals surface area contributed by atoms with Gasteiger partial charge in [0.05, 0.1) is 0 Å². The fourth-order valence-corrected chi connectivity index (χ4v) is 0.635. The SMILES string of the molecule is Cc1[c-]cncc1Br.[Br-].[Mg+2]. The van der Waals surface area contributed by atoms with Crippen LogP contribution in [0.3, 0.4) is 0 Å². The van der Waals surface area contributed by atoms with Gasteiger partial charge in [-0.25, -0.2) is 11.6 Å². The first-order chi connectivity index (χ1) is 3.80. The van der Waals surface area contributed by atoms with Gasteiger partial charge in [-0.15, -0.1) is 4.47 Å². The van der Waals surface area contributed by atoms with E-state index in [1.54, 1.807) is 12.4 Å². The van der Waals surface area contributed by atoms with E-state index in [9.17, 15) is 0 Å². The molecule has 10 heavy (non-hydrogen) atoms. The van der Waals surface area contributed by atoms with E-state index in [2.05, 4.69) is 27.0 Å². The molecule has 0 saturated carbocycles. The average molecular weight is 275 g/mol. The molecule has 0 bridgehead atoms. The zero-order valence-electron chi connectivity index (χ0n) is 5.56. The predicted octanol–water partition coefficient (Wildman–Crippen LogP) is -1.42. The van der Waals surface area contributed by atoms with Gasteiger partial charge in [0.25, 0.3) is 0 Å². The van der Waals surface area contributed by atoms with E-state index in [1.165, 1.54) is 0 Å². The van der Waals surface area contributed by atoms with Gasteiger partial charge in [0.15, 0.2) is 0 Å². The van der Waals surface area contributed by atoms with E-state index in [1.807, 2.05) is 6.92 Å². The van der Waals surface area contributed by atoms with Crippen molar-refractivity contribution in [3.8, 4) is 0 Å². The van der Waals surface area contributed by atoms with E-state index in [0.717, 1.165) is 10.0 Å². The fourth-order valence-electron chi connectivity index (χ4n) is 0.403. The molecular formula is C6H5Br2MgN. The zero-order chi connectivity index (χ0) is 5.98. The third-order valence-corrected chi connectivity index (χ3v) is 1.70. The molecule has 0 spiro atoms. The van der Waals surface area contributed by atoms with Gasteiger partial charge in [-0.3, -0.25) is 0 Å². The number of nitrogens with zero attached hydrogens (tertiary/aromatic N) is 1. The molecular weight excluding hydrogens is 270 g/mol. The second-order valence-electron chi connectivity index (χ2n) is 1.52. The number of hydrogen-bond donors (Lipinski definition) is 0. The molecule has 0 aliphatic carbocycles. The largest absolute Gasteiger partial charge is 2.00 e. The molecule has 1 heterocycles. The van der Waals surface area contributed by atoms with Crippen LogP contribution in [0.15, 0.2) is 16.9 Å². The number of aromatic nitrogens is 1. The third kappa shape index (κ3) is 3.90. The van der Waals surface area contributed by atoms with E-state index < -0.39 is 0 Å². The van der Waals surface area contributed by atoms with Crippen molar-refractivity contribution in [1.82, 2.24) is 4.98 Å². The average Bonchev–Trinajstić information content (AvgIpc) is 1.77. The summed E-state index contributed by atoms with van der Waals surface area (Å²) in [7, 11) is 0. The molecule has 0 amide bonds. The summed E-state index contributed by atoms with van der Waals surface area (Å²) < 4.78 is 1.01. The summed E-state index contributed by atoms with van der Waals surface area (Å²) >= 11 is 3.30. The van der Waals surface area contributed by atoms with Crippen molar-refractivity contribution in [2.75, 3.05) is 0 Å². The Morgan fingerprint density at radius 2 is 2.20 bits per heavy atom. The van der Waals surface area contributed by atoms with Crippen LogP contribution in [-0.4, -0.2) is 28.0 Å². The van der Waals surface area contributed by atoms with E-state index in [4.69, 9.17) is 0 Å². The Bertz CT molecular complexity index is 172. The van der Waals surface area contributed by atoms with Crippen LogP contribution in [0.1, 0.15) is 5.56 Å². The van der Waals surface area contributed by atoms with Crippen molar-refractivity contribution in [1.29, 1.82) is 0 Å². The van der Waals surface area contributed by atoms with Crippen LogP contribution >= 0.6 is 15.9 Å². The second-order valence-corrected chi connectivity index (χ2v) is 2.38. The van der Waals surface area contributed by atoms with Gasteiger partial charge in [0, 0.05) is 0 Å². The molecule has 0 aromatic carbocycles. The van der Waals surface area contributed by atoms with Crippen LogP contribution in [-0.2, 0) is 0 Å². The first-order valence-corrected chi connectivity index (χ1v) is 3.08. The Morgan fingerprint density at radius 3 is 2.50 bits per heavy atom. The molecule has 0 atom stereocenters. The molecule has 1 aromatic rings. The number of rotatable bonds is 0. The van der Waals surface area contributed by atoms with Gasteiger partial charge in [-0.2, -0.15) is 15.9 Å². The van der Waals surface area contributed by atoms with Gasteiger partial charge in [0.2, 0.25) is 0 Å². The quantitative estimate of drug-likeness (QED) is 0.418. The Kier molecular flexibility index (Phi) is 8.86. The Hall–Kier alpha value is 0.876. The summed E-state index contributed by atoms with van der Waals surface area (Å²) in [4.78, 5) is 3.84. The minimum Gasteiger partial charge on any atom is -1.00 e. The molecule has 1 rings (SSSR count). The summed E-state index contributed by atoms with van der Waals surface area (Å²) in [6.45, 7) is 1.98. The number of aryl methyl sites for hydroxylation is 1. The number of halogens is 2. The van der Waals surface area contributed by atoms with Crippen molar-refractivity contribution in [3.05, 3.63) is 28.5 Å². The maximum absolute atomic E-state index is 3.84. The molecule has 0 unspecified atom stereocenters. The minimum atomic E-state index is 0. The predicted molar refractivity (Wildman–Crippen MR) is 41.3 cm³/mol. The molecule has 0 fully saturated rings. The first-order valence-electron chi connectivity index (χ1n) is 2.28. The van der Waals surface area contributed by atoms with Crippen LogP contribution in [0, 0.1) is 13.0 Å². The molecule has 1 aromatic heterocycles. The van der Waals surface area contributed by atoms with Crippen LogP contribution in [0.2, 0.25) is 0 Å². The molecule has 1 nitrogen and oxygen atoms in total. The van der Waals surface area contributed by atoms with Crippen molar-refractivity contribution in [2.24, 2.45) is 0 Å². The van der Waals surface area contributed by atoms with Crippen LogP contribution in [0.25, 0.3) is 0 Å². The molecule has 0 saturated heterocycles. The van der Waals surface area contributed by atoms with E-state index in [-0.39, 0.29) is 40.0 Å². The third-order valence-electron chi connectivity index (χ3n) is 0.902. The van der Waals surface area contributed by atoms with Gasteiger partial charge in [0.1, 0.15) is 0 Å². The Morgan fingerprint density at radius 1 is 1.60 bits per heavy atom. The van der Waals surface area contributed by atoms with E-state index in [0.29, 0.717) is 0 Å². The standard InChI is InChI=1S/C6H5BrN.BrH.Mg/c1-5-2-3-8-4-6(5)7;;/h3-4H,1H3;1H;/q-1;;+2/p-1. The summed E-state index contributed by atoms with van der Waals surface area (Å²) in [6.07, 6.45) is 3.41. The maximum Gasteiger partial charge on any atom is 2.00 e. The van der Waals surface area contributed by atoms with Gasteiger partial charge in [-0.1, -0.05) is 13.1 Å². The van der Waals surface area contributed by atoms with Crippen molar-refractivity contribution >= 4 is 39.0 Å². The molecule has 50 valence electrons. The first kappa shape index (κ1) is 13.5. The van der Waals surface area contributed by atoms with Crippen molar-refractivity contribution in [2.45, 2.75) is 6.92 Å². The minimum absolute atomic E-state index is 0. The van der Waals surface area contributed by atoms with E-state index >= 15 is 0 Å². The summed E-state index contributed by atoms with van der Waals surface area (Å²) in [5, 5.41) is 0. The summed E-state index contributed by atoms with van der Waals surface area (Å²) in [5.74, 6) is 0. The zero-order valence-corrected chi connectivity index (χ0v) is 10.2. The maximum atomic E-state index is 3.84. The van der Waals surface area contributed by atoms with Crippen molar-refractivity contribution in [3.63, 3.8) is 0 Å². The van der Waals surface area contributed by atoms with Gasteiger partial charge < -0.3 is 22.0 Å². The fraction of sp³-hybridized carbons (Fsp3) is 0.167. The van der Waals surface area contributed by atoms with Gasteiger partial charge >= 0.3 is 23.1 Å². The number of hydrogen-bond acceptors (Lipinski definition) is 1. The molecule has 0 aliphatic rings. The molecule has 0 N–H and O–H groups in total. The summed E-state index contributed by atoms with van der Waals surface area (Å²) in [6, 6.07) is 2.94. The number of pyridine rings is 1. The second kappa shape index (κ2) is 6.58. The van der Waals surface area contributed by atoms with Crippen LogP contribution in [0.4, 0.5) is 0 Å². The molecule has 0 radical (unpaired) electrons. The Labute approximate surface area is 95.7 Å². The van der Waals surface area contributed by atoms with Gasteiger partial charge in [-0.05, 0) is 6.20 Å². The smallest absolute Gasteiger partial charge is 1.00 e. The molecule has 4 heteroatoms. The van der Waals surface area contributed by atoms with Crippen LogP contribution in [0.5, 0.6) is 0 Å². The monoisotopic (exact) mass is 273 g/mol. The normalized spacial score (nSPS) is 7.40.